The van der Waals surface area contributed by atoms with Crippen molar-refractivity contribution in [1.29, 1.82) is 0 Å². The van der Waals surface area contributed by atoms with Crippen molar-refractivity contribution >= 4 is 0 Å². The van der Waals surface area contributed by atoms with Gasteiger partial charge in [0.25, 0.3) is 0 Å². The van der Waals surface area contributed by atoms with Gasteiger partial charge in [-0.15, -0.1) is 5.10 Å². The molecule has 3 rings (SSSR count). The third kappa shape index (κ3) is 2.69. The number of aromatic nitrogens is 3. The molecular weight excluding hydrogens is 250 g/mol. The van der Waals surface area contributed by atoms with Crippen molar-refractivity contribution in [2.45, 2.75) is 6.61 Å². The van der Waals surface area contributed by atoms with Gasteiger partial charge in [-0.1, -0.05) is 47.7 Å². The first-order valence-electron chi connectivity index (χ1n) is 6.45. The molecule has 3 aromatic rings. The minimum Gasteiger partial charge on any atom is -0.488 e. The topological polar surface area (TPSA) is 39.9 Å². The van der Waals surface area contributed by atoms with Gasteiger partial charge in [-0.25, -0.2) is 0 Å². The lowest BCUT2D eigenvalue weighted by molar-refractivity contribution is 0.307. The van der Waals surface area contributed by atoms with E-state index in [1.54, 1.807) is 4.68 Å². The van der Waals surface area contributed by atoms with Gasteiger partial charge in [-0.3, -0.25) is 4.68 Å². The first-order valence-corrected chi connectivity index (χ1v) is 6.45. The van der Waals surface area contributed by atoms with Crippen LogP contribution in [-0.4, -0.2) is 15.0 Å². The van der Waals surface area contributed by atoms with Gasteiger partial charge in [0.15, 0.2) is 0 Å². The number of benzene rings is 2. The fraction of sp³-hybridized carbons (Fsp3) is 0.125. The summed E-state index contributed by atoms with van der Waals surface area (Å²) in [5, 5.41) is 8.10. The number of aryl methyl sites for hydroxylation is 1. The predicted molar refractivity (Wildman–Crippen MR) is 77.2 cm³/mol. The average molecular weight is 265 g/mol. The summed E-state index contributed by atoms with van der Waals surface area (Å²) in [7, 11) is 1.85. The molecule has 1 heterocycles. The van der Waals surface area contributed by atoms with E-state index in [-0.39, 0.29) is 0 Å². The van der Waals surface area contributed by atoms with Crippen LogP contribution in [0.15, 0.2) is 60.8 Å². The summed E-state index contributed by atoms with van der Waals surface area (Å²) in [6.07, 6.45) is 1.88. The molecule has 2 aromatic carbocycles. The van der Waals surface area contributed by atoms with Crippen LogP contribution < -0.4 is 4.74 Å². The standard InChI is InChI=1S/C16H15N3O/c1-19-11-15(17-18-19)14-9-5-6-10-16(14)20-12-13-7-3-2-4-8-13/h2-11H,12H2,1H3. The molecule has 0 atom stereocenters. The number of rotatable bonds is 4. The second kappa shape index (κ2) is 5.57. The molecule has 0 aliphatic rings. The van der Waals surface area contributed by atoms with E-state index < -0.39 is 0 Å². The van der Waals surface area contributed by atoms with Gasteiger partial charge in [0.2, 0.25) is 0 Å². The lowest BCUT2D eigenvalue weighted by atomic mass is 10.1. The maximum Gasteiger partial charge on any atom is 0.129 e. The monoisotopic (exact) mass is 265 g/mol. The number of nitrogens with zero attached hydrogens (tertiary/aromatic N) is 3. The Kier molecular flexibility index (Phi) is 3.46. The highest BCUT2D eigenvalue weighted by atomic mass is 16.5. The highest BCUT2D eigenvalue weighted by Crippen LogP contribution is 2.28. The molecule has 0 saturated carbocycles. The van der Waals surface area contributed by atoms with Crippen LogP contribution in [-0.2, 0) is 13.7 Å². The Morgan fingerprint density at radius 2 is 1.75 bits per heavy atom. The summed E-state index contributed by atoms with van der Waals surface area (Å²) in [6.45, 7) is 0.540. The second-order valence-corrected chi connectivity index (χ2v) is 4.55. The zero-order valence-electron chi connectivity index (χ0n) is 11.2. The number of para-hydroxylation sites is 1. The minimum absolute atomic E-state index is 0.540. The summed E-state index contributed by atoms with van der Waals surface area (Å²) in [4.78, 5) is 0. The predicted octanol–water partition coefficient (Wildman–Crippen LogP) is 3.06. The van der Waals surface area contributed by atoms with Gasteiger partial charge in [0.1, 0.15) is 18.1 Å². The molecule has 0 spiro atoms. The lowest BCUT2D eigenvalue weighted by Gasteiger charge is -2.09. The maximum atomic E-state index is 5.91. The van der Waals surface area contributed by atoms with Crippen molar-refractivity contribution in [3.05, 3.63) is 66.4 Å². The molecule has 1 aromatic heterocycles. The Morgan fingerprint density at radius 3 is 2.50 bits per heavy atom. The van der Waals surface area contributed by atoms with Crippen LogP contribution in [0.1, 0.15) is 5.56 Å². The van der Waals surface area contributed by atoms with E-state index in [1.165, 1.54) is 0 Å². The zero-order chi connectivity index (χ0) is 13.8. The van der Waals surface area contributed by atoms with Crippen molar-refractivity contribution in [3.8, 4) is 17.0 Å². The van der Waals surface area contributed by atoms with Crippen molar-refractivity contribution < 1.29 is 4.74 Å². The van der Waals surface area contributed by atoms with Gasteiger partial charge >= 0.3 is 0 Å². The van der Waals surface area contributed by atoms with E-state index in [9.17, 15) is 0 Å². The molecule has 0 unspecified atom stereocenters. The minimum atomic E-state index is 0.540. The molecule has 100 valence electrons. The molecule has 0 saturated heterocycles. The Balaban J connectivity index is 1.83. The smallest absolute Gasteiger partial charge is 0.129 e. The van der Waals surface area contributed by atoms with E-state index >= 15 is 0 Å². The van der Waals surface area contributed by atoms with Gasteiger partial charge < -0.3 is 4.74 Å². The molecule has 4 nitrogen and oxygen atoms in total. The Bertz CT molecular complexity index is 692. The molecule has 0 bridgehead atoms. The summed E-state index contributed by atoms with van der Waals surface area (Å²) < 4.78 is 7.59. The second-order valence-electron chi connectivity index (χ2n) is 4.55. The number of hydrogen-bond donors (Lipinski definition) is 0. The molecule has 0 aliphatic carbocycles. The van der Waals surface area contributed by atoms with Crippen molar-refractivity contribution in [1.82, 2.24) is 15.0 Å². The van der Waals surface area contributed by atoms with Gasteiger partial charge in [0, 0.05) is 12.6 Å². The molecule has 0 fully saturated rings. The first-order chi connectivity index (χ1) is 9.83. The molecule has 0 N–H and O–H groups in total. The van der Waals surface area contributed by atoms with E-state index in [0.29, 0.717) is 6.61 Å². The molecule has 20 heavy (non-hydrogen) atoms. The fourth-order valence-corrected chi connectivity index (χ4v) is 2.01. The fourth-order valence-electron chi connectivity index (χ4n) is 2.01. The van der Waals surface area contributed by atoms with Crippen LogP contribution in [0.4, 0.5) is 0 Å². The Hall–Kier alpha value is -2.62. The molecule has 0 amide bonds. The highest BCUT2D eigenvalue weighted by Gasteiger charge is 2.09. The van der Waals surface area contributed by atoms with E-state index in [2.05, 4.69) is 10.3 Å². The summed E-state index contributed by atoms with van der Waals surface area (Å²) >= 11 is 0. The van der Waals surface area contributed by atoms with Crippen LogP contribution in [0, 0.1) is 0 Å². The SMILES string of the molecule is Cn1cc(-c2ccccc2OCc2ccccc2)nn1. The lowest BCUT2D eigenvalue weighted by Crippen LogP contribution is -1.96. The number of hydrogen-bond acceptors (Lipinski definition) is 3. The first kappa shape index (κ1) is 12.4. The number of ether oxygens (including phenoxy) is 1. The van der Waals surface area contributed by atoms with Crippen LogP contribution in [0.25, 0.3) is 11.3 Å². The summed E-state index contributed by atoms with van der Waals surface area (Å²) in [5.41, 5.74) is 2.91. The van der Waals surface area contributed by atoms with Crippen molar-refractivity contribution in [3.63, 3.8) is 0 Å². The van der Waals surface area contributed by atoms with E-state index in [4.69, 9.17) is 4.74 Å². The van der Waals surface area contributed by atoms with E-state index in [0.717, 1.165) is 22.6 Å². The average Bonchev–Trinajstić information content (AvgIpc) is 2.93. The molecule has 0 radical (unpaired) electrons. The molecule has 4 heteroatoms. The van der Waals surface area contributed by atoms with Crippen LogP contribution >= 0.6 is 0 Å². The third-order valence-corrected chi connectivity index (χ3v) is 3.00. The highest BCUT2D eigenvalue weighted by molar-refractivity contribution is 5.66. The maximum absolute atomic E-state index is 5.91. The Morgan fingerprint density at radius 1 is 1.00 bits per heavy atom. The van der Waals surface area contributed by atoms with Gasteiger partial charge in [0.05, 0.1) is 6.20 Å². The zero-order valence-corrected chi connectivity index (χ0v) is 11.2. The van der Waals surface area contributed by atoms with Crippen LogP contribution in [0.5, 0.6) is 5.75 Å². The summed E-state index contributed by atoms with van der Waals surface area (Å²) in [5.74, 6) is 0.817. The van der Waals surface area contributed by atoms with Crippen LogP contribution in [0.2, 0.25) is 0 Å². The van der Waals surface area contributed by atoms with Crippen molar-refractivity contribution in [2.24, 2.45) is 7.05 Å². The van der Waals surface area contributed by atoms with Gasteiger partial charge in [-0.2, -0.15) is 0 Å². The molecular formula is C16H15N3O. The normalized spacial score (nSPS) is 10.4. The quantitative estimate of drug-likeness (QED) is 0.728. The van der Waals surface area contributed by atoms with Crippen molar-refractivity contribution in [2.75, 3.05) is 0 Å². The van der Waals surface area contributed by atoms with Gasteiger partial charge in [-0.05, 0) is 17.7 Å². The third-order valence-electron chi connectivity index (χ3n) is 3.00. The molecule has 0 aliphatic heterocycles. The van der Waals surface area contributed by atoms with E-state index in [1.807, 2.05) is 67.8 Å². The summed E-state index contributed by atoms with van der Waals surface area (Å²) in [6, 6.07) is 18.0. The largest absolute Gasteiger partial charge is 0.488 e. The van der Waals surface area contributed by atoms with Crippen LogP contribution in [0.3, 0.4) is 0 Å². The Labute approximate surface area is 117 Å².